The van der Waals surface area contributed by atoms with Gasteiger partial charge in [-0.15, -0.1) is 0 Å². The Morgan fingerprint density at radius 1 is 1.21 bits per heavy atom. The van der Waals surface area contributed by atoms with Gasteiger partial charge in [-0.05, 0) is 43.4 Å². The van der Waals surface area contributed by atoms with Crippen LogP contribution in [0.3, 0.4) is 0 Å². The highest BCUT2D eigenvalue weighted by atomic mass is 16.5. The van der Waals surface area contributed by atoms with Crippen LogP contribution in [-0.2, 0) is 21.5 Å². The maximum absolute atomic E-state index is 13.1. The summed E-state index contributed by atoms with van der Waals surface area (Å²) in [5.41, 5.74) is 4.02. The molecule has 180 valence electrons. The lowest BCUT2D eigenvalue weighted by Gasteiger charge is -2.50. The van der Waals surface area contributed by atoms with Gasteiger partial charge in [-0.25, -0.2) is 4.79 Å². The number of carbonyl (C=O) groups is 1. The molecule has 5 nitrogen and oxygen atoms in total. The number of ether oxygens (including phenoxy) is 1. The molecule has 1 spiro atoms. The Kier molecular flexibility index (Phi) is 6.03. The number of esters is 1. The van der Waals surface area contributed by atoms with Crippen LogP contribution in [-0.4, -0.2) is 41.3 Å². The van der Waals surface area contributed by atoms with Gasteiger partial charge in [0.15, 0.2) is 0 Å². The minimum Gasteiger partial charge on any atom is -0.466 e. The molecule has 0 radical (unpaired) electrons. The number of hydrogen-bond acceptors (Lipinski definition) is 5. The fourth-order valence-corrected chi connectivity index (χ4v) is 6.81. The number of nitrogens with zero attached hydrogens (tertiary/aromatic N) is 1. The van der Waals surface area contributed by atoms with Gasteiger partial charge >= 0.3 is 5.97 Å². The van der Waals surface area contributed by atoms with E-state index in [9.17, 15) is 9.90 Å². The number of nitrogens with one attached hydrogen (secondary N) is 1. The zero-order chi connectivity index (χ0) is 23.9. The standard InChI is InChI=1S/C29H36N2O3/c1-4-5-15-28(2,33)23-18-21(27(32)34-3)25-29(22-13-9-10-14-24(22)30-25)16-17-31(26(23)29)19-20-11-7-6-8-12-20/h6-14,23,26,30,33H,4-5,15-19H2,1-3H3/t23-,26+,28?,29+/m1/s1. The number of anilines is 1. The van der Waals surface area contributed by atoms with E-state index in [4.69, 9.17) is 4.74 Å². The SMILES string of the molecule is CCCCC(C)(O)[C@@H]1CC(C(=O)OC)=C2Nc3ccccc3[C@@]23CCN(Cc2ccccc2)[C@@H]13. The largest absolute Gasteiger partial charge is 0.466 e. The fourth-order valence-electron chi connectivity index (χ4n) is 6.81. The first-order chi connectivity index (χ1) is 16.4. The topological polar surface area (TPSA) is 61.8 Å². The van der Waals surface area contributed by atoms with E-state index in [1.165, 1.54) is 18.2 Å². The Balaban J connectivity index is 1.68. The Hall–Kier alpha value is -2.63. The third kappa shape index (κ3) is 3.57. The molecule has 2 aliphatic heterocycles. The van der Waals surface area contributed by atoms with Crippen molar-refractivity contribution in [1.82, 2.24) is 4.90 Å². The molecular weight excluding hydrogens is 424 g/mol. The Labute approximate surface area is 202 Å². The number of para-hydroxylation sites is 1. The maximum atomic E-state index is 13.1. The maximum Gasteiger partial charge on any atom is 0.335 e. The smallest absolute Gasteiger partial charge is 0.335 e. The molecule has 1 fully saturated rings. The van der Waals surface area contributed by atoms with Gasteiger partial charge in [0, 0.05) is 36.4 Å². The van der Waals surface area contributed by atoms with Gasteiger partial charge in [0.05, 0.1) is 23.7 Å². The van der Waals surface area contributed by atoms with E-state index in [-0.39, 0.29) is 23.3 Å². The fraction of sp³-hybridized carbons (Fsp3) is 0.483. The van der Waals surface area contributed by atoms with E-state index in [1.807, 2.05) is 13.0 Å². The van der Waals surface area contributed by atoms with Crippen LogP contribution in [0.4, 0.5) is 5.69 Å². The molecule has 0 saturated carbocycles. The first-order valence-electron chi connectivity index (χ1n) is 12.6. The first-order valence-corrected chi connectivity index (χ1v) is 12.6. The average molecular weight is 461 g/mol. The van der Waals surface area contributed by atoms with Crippen LogP contribution in [0.5, 0.6) is 0 Å². The Bertz CT molecular complexity index is 1090. The molecule has 2 aromatic carbocycles. The number of hydrogen-bond donors (Lipinski definition) is 2. The molecule has 34 heavy (non-hydrogen) atoms. The summed E-state index contributed by atoms with van der Waals surface area (Å²) in [7, 11) is 1.46. The normalized spacial score (nSPS) is 27.4. The van der Waals surface area contributed by atoms with Gasteiger partial charge in [-0.3, -0.25) is 4.90 Å². The monoisotopic (exact) mass is 460 g/mol. The van der Waals surface area contributed by atoms with E-state index in [2.05, 4.69) is 65.7 Å². The zero-order valence-electron chi connectivity index (χ0n) is 20.5. The number of carbonyl (C=O) groups excluding carboxylic acids is 1. The predicted octanol–water partition coefficient (Wildman–Crippen LogP) is 5.01. The van der Waals surface area contributed by atoms with Gasteiger partial charge < -0.3 is 15.2 Å². The number of fused-ring (bicyclic) bond motifs is 1. The zero-order valence-corrected chi connectivity index (χ0v) is 20.5. The van der Waals surface area contributed by atoms with E-state index < -0.39 is 5.60 Å². The molecule has 1 unspecified atom stereocenters. The number of rotatable bonds is 7. The van der Waals surface area contributed by atoms with Crippen LogP contribution in [0.15, 0.2) is 65.9 Å². The molecule has 2 heterocycles. The summed E-state index contributed by atoms with van der Waals surface area (Å²) in [4.78, 5) is 15.6. The predicted molar refractivity (Wildman–Crippen MR) is 134 cm³/mol. The van der Waals surface area contributed by atoms with E-state index in [0.717, 1.165) is 50.2 Å². The van der Waals surface area contributed by atoms with Crippen molar-refractivity contribution >= 4 is 11.7 Å². The molecule has 1 aliphatic carbocycles. The summed E-state index contributed by atoms with van der Waals surface area (Å²) >= 11 is 0. The van der Waals surface area contributed by atoms with Crippen molar-refractivity contribution in [2.45, 2.75) is 69.6 Å². The Morgan fingerprint density at radius 3 is 2.68 bits per heavy atom. The summed E-state index contributed by atoms with van der Waals surface area (Å²) in [5, 5.41) is 15.6. The van der Waals surface area contributed by atoms with Crippen molar-refractivity contribution in [2.24, 2.45) is 5.92 Å². The Morgan fingerprint density at radius 2 is 1.94 bits per heavy atom. The molecule has 5 rings (SSSR count). The summed E-state index contributed by atoms with van der Waals surface area (Å²) in [6, 6.07) is 19.1. The molecule has 2 aromatic rings. The highest BCUT2D eigenvalue weighted by molar-refractivity contribution is 5.93. The second-order valence-electron chi connectivity index (χ2n) is 10.4. The average Bonchev–Trinajstić information content (AvgIpc) is 3.39. The van der Waals surface area contributed by atoms with Crippen molar-refractivity contribution < 1.29 is 14.6 Å². The molecule has 3 aliphatic rings. The third-order valence-corrected chi connectivity index (χ3v) is 8.41. The van der Waals surface area contributed by atoms with Crippen molar-refractivity contribution in [3.05, 3.63) is 77.0 Å². The molecule has 2 N–H and O–H groups in total. The highest BCUT2D eigenvalue weighted by Crippen LogP contribution is 2.60. The number of methoxy groups -OCH3 is 1. The molecule has 0 amide bonds. The quantitative estimate of drug-likeness (QED) is 0.569. The van der Waals surface area contributed by atoms with Crippen molar-refractivity contribution in [1.29, 1.82) is 0 Å². The van der Waals surface area contributed by atoms with Crippen LogP contribution in [0.25, 0.3) is 0 Å². The molecular formula is C29H36N2O3. The number of benzene rings is 2. The van der Waals surface area contributed by atoms with Crippen LogP contribution in [0.1, 0.15) is 57.1 Å². The number of likely N-dealkylation sites (tertiary alicyclic amines) is 1. The van der Waals surface area contributed by atoms with Crippen LogP contribution >= 0.6 is 0 Å². The van der Waals surface area contributed by atoms with Crippen LogP contribution in [0, 0.1) is 5.92 Å². The molecule has 0 aromatic heterocycles. The lowest BCUT2D eigenvalue weighted by atomic mass is 9.59. The number of unbranched alkanes of at least 4 members (excludes halogenated alkanes) is 1. The van der Waals surface area contributed by atoms with Gasteiger partial charge in [0.2, 0.25) is 0 Å². The van der Waals surface area contributed by atoms with E-state index in [0.29, 0.717) is 12.0 Å². The second kappa shape index (κ2) is 8.86. The van der Waals surface area contributed by atoms with Crippen LogP contribution < -0.4 is 5.32 Å². The van der Waals surface area contributed by atoms with Gasteiger partial charge in [0.25, 0.3) is 0 Å². The number of aliphatic hydroxyl groups is 1. The lowest BCUT2D eigenvalue weighted by molar-refractivity contribution is -0.137. The van der Waals surface area contributed by atoms with Gasteiger partial charge in [0.1, 0.15) is 0 Å². The summed E-state index contributed by atoms with van der Waals surface area (Å²) in [6.07, 6.45) is 4.13. The van der Waals surface area contributed by atoms with Crippen molar-refractivity contribution in [2.75, 3.05) is 19.0 Å². The molecule has 1 saturated heterocycles. The molecule has 4 atom stereocenters. The van der Waals surface area contributed by atoms with Crippen molar-refractivity contribution in [3.8, 4) is 0 Å². The highest BCUT2D eigenvalue weighted by Gasteiger charge is 2.63. The second-order valence-corrected chi connectivity index (χ2v) is 10.4. The minimum absolute atomic E-state index is 0.0825. The minimum atomic E-state index is -0.894. The first kappa shape index (κ1) is 23.1. The van der Waals surface area contributed by atoms with Gasteiger partial charge in [-0.1, -0.05) is 68.3 Å². The van der Waals surface area contributed by atoms with E-state index in [1.54, 1.807) is 0 Å². The summed E-state index contributed by atoms with van der Waals surface area (Å²) < 4.78 is 5.27. The summed E-state index contributed by atoms with van der Waals surface area (Å²) in [6.45, 7) is 5.88. The lowest BCUT2D eigenvalue weighted by Crippen LogP contribution is -2.57. The molecule has 0 bridgehead atoms. The van der Waals surface area contributed by atoms with E-state index >= 15 is 0 Å². The van der Waals surface area contributed by atoms with Gasteiger partial charge in [-0.2, -0.15) is 0 Å². The van der Waals surface area contributed by atoms with Crippen LogP contribution in [0.2, 0.25) is 0 Å². The van der Waals surface area contributed by atoms with Crippen molar-refractivity contribution in [3.63, 3.8) is 0 Å². The molecule has 5 heteroatoms. The summed E-state index contributed by atoms with van der Waals surface area (Å²) in [5.74, 6) is -0.373. The third-order valence-electron chi connectivity index (χ3n) is 8.41.